The van der Waals surface area contributed by atoms with Crippen LogP contribution in [-0.4, -0.2) is 46.5 Å². The zero-order chi connectivity index (χ0) is 18.3. The molecule has 134 valence electrons. The van der Waals surface area contributed by atoms with Crippen molar-refractivity contribution in [2.45, 2.75) is 58.9 Å². The van der Waals surface area contributed by atoms with Crippen LogP contribution < -0.4 is 0 Å². The van der Waals surface area contributed by atoms with E-state index in [1.54, 1.807) is 0 Å². The van der Waals surface area contributed by atoms with Gasteiger partial charge in [-0.15, -0.1) is 0 Å². The molecule has 0 spiro atoms. The Hall–Kier alpha value is -0.823. The molecule has 0 aromatic heterocycles. The molecule has 0 aromatic carbocycles. The fraction of sp³-hybridized carbons (Fsp3) is 0.765. The maximum absolute atomic E-state index is 12.1. The van der Waals surface area contributed by atoms with Crippen molar-refractivity contribution in [2.75, 3.05) is 20.5 Å². The van der Waals surface area contributed by atoms with Crippen LogP contribution in [-0.2, 0) is 23.5 Å². The van der Waals surface area contributed by atoms with Gasteiger partial charge in [-0.1, -0.05) is 34.6 Å². The second kappa shape index (κ2) is 9.47. The average molecular weight is 345 g/mol. The Morgan fingerprint density at radius 3 is 2.13 bits per heavy atom. The van der Waals surface area contributed by atoms with Crippen molar-refractivity contribution in [3.8, 4) is 0 Å². The molecule has 0 aliphatic carbocycles. The summed E-state index contributed by atoms with van der Waals surface area (Å²) in [7, 11) is -0.463. The van der Waals surface area contributed by atoms with Gasteiger partial charge in [0.2, 0.25) is 0 Å². The minimum Gasteiger partial charge on any atom is -0.409 e. The highest BCUT2D eigenvalue weighted by Gasteiger charge is 2.37. The van der Waals surface area contributed by atoms with Crippen molar-refractivity contribution in [3.05, 3.63) is 12.2 Å². The molecule has 0 amide bonds. The first-order valence-electron chi connectivity index (χ1n) is 7.91. The van der Waals surface area contributed by atoms with Gasteiger partial charge in [0.25, 0.3) is 0 Å². The number of hydrogen-bond acceptors (Lipinski definition) is 5. The van der Waals surface area contributed by atoms with E-state index in [9.17, 15) is 9.59 Å². The van der Waals surface area contributed by atoms with Crippen LogP contribution in [0.4, 0.5) is 0 Å². The third kappa shape index (κ3) is 8.01. The first-order valence-corrected chi connectivity index (χ1v) is 10.8. The number of rotatable bonds is 10. The van der Waals surface area contributed by atoms with Crippen LogP contribution in [0.15, 0.2) is 12.2 Å². The second-order valence-corrected chi connectivity index (χ2v) is 12.3. The zero-order valence-corrected chi connectivity index (χ0v) is 16.8. The van der Waals surface area contributed by atoms with E-state index in [1.807, 2.05) is 13.8 Å². The van der Waals surface area contributed by atoms with E-state index in [2.05, 4.69) is 33.9 Å². The SMILES string of the molecule is COCO[C@@H](C(=O)/C=C/C(=O)CO[Si](C)(C)C(C)(C)C)C(C)C. The highest BCUT2D eigenvalue weighted by molar-refractivity contribution is 6.74. The fourth-order valence-corrected chi connectivity index (χ4v) is 2.47. The van der Waals surface area contributed by atoms with Crippen molar-refractivity contribution in [3.63, 3.8) is 0 Å². The summed E-state index contributed by atoms with van der Waals surface area (Å²) >= 11 is 0. The topological polar surface area (TPSA) is 61.8 Å². The fourth-order valence-electron chi connectivity index (χ4n) is 1.53. The van der Waals surface area contributed by atoms with Gasteiger partial charge >= 0.3 is 0 Å². The lowest BCUT2D eigenvalue weighted by atomic mass is 10.0. The predicted octanol–water partition coefficient (Wildman–Crippen LogP) is 3.35. The molecule has 0 radical (unpaired) electrons. The summed E-state index contributed by atoms with van der Waals surface area (Å²) in [4.78, 5) is 24.0. The van der Waals surface area contributed by atoms with Crippen molar-refractivity contribution in [1.82, 2.24) is 0 Å². The molecule has 0 aliphatic rings. The number of ether oxygens (including phenoxy) is 2. The maximum Gasteiger partial charge on any atom is 0.192 e. The Morgan fingerprint density at radius 1 is 1.13 bits per heavy atom. The summed E-state index contributed by atoms with van der Waals surface area (Å²) in [6.45, 7) is 14.3. The Morgan fingerprint density at radius 2 is 1.70 bits per heavy atom. The van der Waals surface area contributed by atoms with Gasteiger partial charge in [-0.25, -0.2) is 0 Å². The lowest BCUT2D eigenvalue weighted by molar-refractivity contribution is -0.139. The van der Waals surface area contributed by atoms with Crippen LogP contribution in [0.2, 0.25) is 18.1 Å². The predicted molar refractivity (Wildman–Crippen MR) is 93.9 cm³/mol. The average Bonchev–Trinajstić information content (AvgIpc) is 2.41. The number of carbonyl (C=O) groups excluding carboxylic acids is 2. The summed E-state index contributed by atoms with van der Waals surface area (Å²) in [5.41, 5.74) is 0. The summed E-state index contributed by atoms with van der Waals surface area (Å²) in [5, 5.41) is 0.0452. The van der Waals surface area contributed by atoms with Crippen molar-refractivity contribution in [1.29, 1.82) is 0 Å². The maximum atomic E-state index is 12.1. The van der Waals surface area contributed by atoms with Gasteiger partial charge in [-0.3, -0.25) is 9.59 Å². The Labute approximate surface area is 141 Å². The van der Waals surface area contributed by atoms with E-state index in [0.29, 0.717) is 0 Å². The molecule has 5 nitrogen and oxygen atoms in total. The van der Waals surface area contributed by atoms with E-state index in [4.69, 9.17) is 13.9 Å². The van der Waals surface area contributed by atoms with Crippen LogP contribution in [0.25, 0.3) is 0 Å². The van der Waals surface area contributed by atoms with Crippen LogP contribution in [0.5, 0.6) is 0 Å². The molecule has 0 bridgehead atoms. The van der Waals surface area contributed by atoms with Crippen molar-refractivity contribution in [2.24, 2.45) is 5.92 Å². The number of methoxy groups -OCH3 is 1. The van der Waals surface area contributed by atoms with Gasteiger partial charge < -0.3 is 13.9 Å². The molecule has 0 saturated carbocycles. The van der Waals surface area contributed by atoms with Crippen LogP contribution in [0.3, 0.4) is 0 Å². The van der Waals surface area contributed by atoms with Crippen molar-refractivity contribution < 1.29 is 23.5 Å². The Kier molecular flexibility index (Phi) is 9.13. The monoisotopic (exact) mass is 344 g/mol. The molecule has 1 atom stereocenters. The summed E-state index contributed by atoms with van der Waals surface area (Å²) in [6.07, 6.45) is 1.94. The van der Waals surface area contributed by atoms with Gasteiger partial charge in [0.1, 0.15) is 12.9 Å². The normalized spacial score (nSPS) is 14.5. The van der Waals surface area contributed by atoms with Crippen molar-refractivity contribution >= 4 is 19.9 Å². The van der Waals surface area contributed by atoms with E-state index in [-0.39, 0.29) is 35.9 Å². The van der Waals surface area contributed by atoms with Crippen LogP contribution in [0, 0.1) is 5.92 Å². The lowest BCUT2D eigenvalue weighted by Gasteiger charge is -2.35. The molecule has 0 N–H and O–H groups in total. The smallest absolute Gasteiger partial charge is 0.192 e. The molecule has 0 aliphatic heterocycles. The Balaban J connectivity index is 4.59. The zero-order valence-electron chi connectivity index (χ0n) is 15.8. The minimum atomic E-state index is -1.96. The molecule has 0 fully saturated rings. The van der Waals surface area contributed by atoms with E-state index < -0.39 is 14.4 Å². The summed E-state index contributed by atoms with van der Waals surface area (Å²) in [6, 6.07) is 0. The molecule has 6 heteroatoms. The number of carbonyl (C=O) groups is 2. The van der Waals surface area contributed by atoms with E-state index >= 15 is 0 Å². The largest absolute Gasteiger partial charge is 0.409 e. The molecule has 0 aromatic rings. The summed E-state index contributed by atoms with van der Waals surface area (Å²) in [5.74, 6) is -0.448. The molecule has 0 saturated heterocycles. The highest BCUT2D eigenvalue weighted by atomic mass is 28.4. The lowest BCUT2D eigenvalue weighted by Crippen LogP contribution is -2.41. The molecule has 23 heavy (non-hydrogen) atoms. The summed E-state index contributed by atoms with van der Waals surface area (Å²) < 4.78 is 16.0. The first-order chi connectivity index (χ1) is 10.4. The third-order valence-corrected chi connectivity index (χ3v) is 8.54. The highest BCUT2D eigenvalue weighted by Crippen LogP contribution is 2.36. The second-order valence-electron chi connectivity index (χ2n) is 7.49. The minimum absolute atomic E-state index is 0.000818. The van der Waals surface area contributed by atoms with E-state index in [0.717, 1.165) is 0 Å². The molecular weight excluding hydrogens is 312 g/mol. The van der Waals surface area contributed by atoms with Gasteiger partial charge in [0.05, 0.1) is 6.61 Å². The van der Waals surface area contributed by atoms with Gasteiger partial charge in [0.15, 0.2) is 19.9 Å². The first kappa shape index (κ1) is 22.2. The number of hydrogen-bond donors (Lipinski definition) is 0. The quantitative estimate of drug-likeness (QED) is 0.345. The third-order valence-electron chi connectivity index (χ3n) is 4.07. The van der Waals surface area contributed by atoms with E-state index in [1.165, 1.54) is 19.3 Å². The van der Waals surface area contributed by atoms with Crippen LogP contribution >= 0.6 is 0 Å². The molecule has 0 unspecified atom stereocenters. The van der Waals surface area contributed by atoms with Gasteiger partial charge in [-0.2, -0.15) is 0 Å². The van der Waals surface area contributed by atoms with Gasteiger partial charge in [0, 0.05) is 7.11 Å². The van der Waals surface area contributed by atoms with Crippen LogP contribution in [0.1, 0.15) is 34.6 Å². The molecule has 0 heterocycles. The standard InChI is InChI=1S/C17H32O5Si/c1-13(2)16(21-12-20-6)15(19)10-9-14(18)11-22-23(7,8)17(3,4)5/h9-10,13,16H,11-12H2,1-8H3/b10-9+/t16-/m1/s1. The van der Waals surface area contributed by atoms with Gasteiger partial charge in [-0.05, 0) is 36.2 Å². The molecule has 0 rings (SSSR count). The Bertz CT molecular complexity index is 421. The number of ketones is 2. The molecular formula is C17H32O5Si.